The van der Waals surface area contributed by atoms with Crippen LogP contribution in [0.1, 0.15) is 335 Å². The summed E-state index contributed by atoms with van der Waals surface area (Å²) in [6.07, 6.45) is 67.4. The lowest BCUT2D eigenvalue weighted by Gasteiger charge is -2.18. The van der Waals surface area contributed by atoms with Gasteiger partial charge in [-0.1, -0.05) is 295 Å². The third-order valence-electron chi connectivity index (χ3n) is 13.7. The van der Waals surface area contributed by atoms with Gasteiger partial charge in [-0.25, -0.2) is 0 Å². The smallest absolute Gasteiger partial charge is 0.306 e. The van der Waals surface area contributed by atoms with Crippen molar-refractivity contribution in [3.8, 4) is 0 Å². The van der Waals surface area contributed by atoms with E-state index < -0.39 is 6.10 Å². The average Bonchev–Trinajstić information content (AvgIpc) is 3.34. The second kappa shape index (κ2) is 57.5. The fraction of sp³-hybridized carbons (Fsp3) is 0.887. The molecule has 0 bridgehead atoms. The number of ether oxygens (including phenoxy) is 3. The van der Waals surface area contributed by atoms with Crippen molar-refractivity contribution >= 4 is 17.9 Å². The molecule has 0 aromatic heterocycles. The summed E-state index contributed by atoms with van der Waals surface area (Å²) in [5, 5.41) is 0. The Morgan fingerprint density at radius 2 is 0.544 bits per heavy atom. The quantitative estimate of drug-likeness (QED) is 0.0262. The van der Waals surface area contributed by atoms with Gasteiger partial charge >= 0.3 is 17.9 Å². The third-order valence-corrected chi connectivity index (χ3v) is 13.7. The molecular weight excluding hydrogens is 841 g/mol. The molecule has 1 atom stereocenters. The van der Waals surface area contributed by atoms with Gasteiger partial charge in [0.05, 0.1) is 0 Å². The molecule has 0 aliphatic heterocycles. The number of hydrogen-bond donors (Lipinski definition) is 0. The Labute approximate surface area is 423 Å². The molecule has 0 N–H and O–H groups in total. The highest BCUT2D eigenvalue weighted by molar-refractivity contribution is 5.71. The molecule has 0 spiro atoms. The van der Waals surface area contributed by atoms with Crippen molar-refractivity contribution < 1.29 is 28.6 Å². The maximum Gasteiger partial charge on any atom is 0.306 e. The Bertz CT molecular complexity index is 1100. The minimum atomic E-state index is -0.772. The van der Waals surface area contributed by atoms with Crippen molar-refractivity contribution in [3.05, 3.63) is 24.3 Å². The number of allylic oxidation sites excluding steroid dienone is 4. The first kappa shape index (κ1) is 65.9. The van der Waals surface area contributed by atoms with Gasteiger partial charge in [-0.05, 0) is 44.9 Å². The lowest BCUT2D eigenvalue weighted by molar-refractivity contribution is -0.167. The van der Waals surface area contributed by atoms with Crippen molar-refractivity contribution in [1.82, 2.24) is 0 Å². The largest absolute Gasteiger partial charge is 0.462 e. The van der Waals surface area contributed by atoms with Gasteiger partial charge in [0.15, 0.2) is 6.10 Å². The van der Waals surface area contributed by atoms with Gasteiger partial charge in [-0.3, -0.25) is 14.4 Å². The fourth-order valence-corrected chi connectivity index (χ4v) is 9.11. The van der Waals surface area contributed by atoms with Gasteiger partial charge in [-0.15, -0.1) is 0 Å². The van der Waals surface area contributed by atoms with Crippen LogP contribution in [0, 0.1) is 0 Å². The molecule has 0 aliphatic rings. The van der Waals surface area contributed by atoms with Crippen LogP contribution in [0.25, 0.3) is 0 Å². The van der Waals surface area contributed by atoms with E-state index in [9.17, 15) is 14.4 Å². The molecule has 0 aromatic rings. The molecule has 0 fully saturated rings. The molecule has 400 valence electrons. The van der Waals surface area contributed by atoms with Crippen molar-refractivity contribution in [2.45, 2.75) is 341 Å². The Kier molecular flexibility index (Phi) is 55.7. The molecule has 0 aliphatic carbocycles. The van der Waals surface area contributed by atoms with Crippen LogP contribution in [-0.4, -0.2) is 37.2 Å². The number of esters is 3. The third kappa shape index (κ3) is 54.8. The van der Waals surface area contributed by atoms with E-state index in [1.54, 1.807) is 0 Å². The van der Waals surface area contributed by atoms with Gasteiger partial charge in [0.25, 0.3) is 0 Å². The molecule has 0 heterocycles. The summed E-state index contributed by atoms with van der Waals surface area (Å²) in [7, 11) is 0. The molecule has 68 heavy (non-hydrogen) atoms. The molecule has 6 nitrogen and oxygen atoms in total. The Balaban J connectivity index is 4.31. The predicted octanol–water partition coefficient (Wildman–Crippen LogP) is 20.3. The highest BCUT2D eigenvalue weighted by atomic mass is 16.6. The standard InChI is InChI=1S/C62H116O6/c1-4-7-10-13-16-19-22-25-28-30-31-33-34-37-40-43-46-49-52-55-61(64)67-58-59(57-66-60(63)54-51-48-45-42-39-36-27-24-21-18-15-12-9-6-3)68-62(65)56-53-50-47-44-41-38-35-32-29-26-23-20-17-14-11-8-5-2/h15,18,24,27,59H,4-14,16-17,19-23,25-26,28-58H2,1-3H3/b18-15+,27-24+/t59-/m1/s1. The Hall–Kier alpha value is -2.11. The zero-order valence-electron chi connectivity index (χ0n) is 45.9. The van der Waals surface area contributed by atoms with Gasteiger partial charge < -0.3 is 14.2 Å². The Morgan fingerprint density at radius 1 is 0.294 bits per heavy atom. The van der Waals surface area contributed by atoms with E-state index >= 15 is 0 Å². The number of carbonyl (C=O) groups excluding carboxylic acids is 3. The van der Waals surface area contributed by atoms with E-state index in [2.05, 4.69) is 45.1 Å². The topological polar surface area (TPSA) is 78.9 Å². The molecule has 0 unspecified atom stereocenters. The molecule has 0 rings (SSSR count). The second-order valence-corrected chi connectivity index (χ2v) is 20.6. The van der Waals surface area contributed by atoms with E-state index in [-0.39, 0.29) is 31.1 Å². The maximum absolute atomic E-state index is 12.9. The van der Waals surface area contributed by atoms with Gasteiger partial charge in [0.1, 0.15) is 13.2 Å². The summed E-state index contributed by atoms with van der Waals surface area (Å²) in [4.78, 5) is 38.2. The zero-order chi connectivity index (χ0) is 49.3. The van der Waals surface area contributed by atoms with Crippen LogP contribution in [-0.2, 0) is 28.6 Å². The first-order valence-corrected chi connectivity index (χ1v) is 30.3. The van der Waals surface area contributed by atoms with Crippen molar-refractivity contribution in [2.75, 3.05) is 13.2 Å². The maximum atomic E-state index is 12.9. The molecule has 0 radical (unpaired) electrons. The summed E-state index contributed by atoms with van der Waals surface area (Å²) < 4.78 is 16.9. The van der Waals surface area contributed by atoms with E-state index in [4.69, 9.17) is 14.2 Å². The number of carbonyl (C=O) groups is 3. The zero-order valence-corrected chi connectivity index (χ0v) is 45.9. The van der Waals surface area contributed by atoms with E-state index in [0.29, 0.717) is 19.3 Å². The summed E-state index contributed by atoms with van der Waals surface area (Å²) in [5.41, 5.74) is 0. The first-order chi connectivity index (χ1) is 33.5. The predicted molar refractivity (Wildman–Crippen MR) is 293 cm³/mol. The number of rotatable bonds is 56. The van der Waals surface area contributed by atoms with Crippen molar-refractivity contribution in [1.29, 1.82) is 0 Å². The molecule has 0 saturated heterocycles. The van der Waals surface area contributed by atoms with Crippen molar-refractivity contribution in [2.24, 2.45) is 0 Å². The lowest BCUT2D eigenvalue weighted by atomic mass is 10.0. The normalized spacial score (nSPS) is 12.1. The van der Waals surface area contributed by atoms with E-state index in [1.807, 2.05) is 0 Å². The summed E-state index contributed by atoms with van der Waals surface area (Å²) in [6.45, 7) is 6.65. The molecule has 6 heteroatoms. The van der Waals surface area contributed by atoms with Gasteiger partial charge in [0, 0.05) is 19.3 Å². The second-order valence-electron chi connectivity index (χ2n) is 20.6. The highest BCUT2D eigenvalue weighted by Crippen LogP contribution is 2.18. The highest BCUT2D eigenvalue weighted by Gasteiger charge is 2.19. The SMILES string of the molecule is CCCC/C=C/C/C=C/CCCCCCCC(=O)OC[C@H](COC(=O)CCCCCCCCCCCCCCCCCCCCC)OC(=O)CCCCCCCCCCCCCCCCCCC. The van der Waals surface area contributed by atoms with Crippen LogP contribution in [0.2, 0.25) is 0 Å². The molecule has 0 aromatic carbocycles. The van der Waals surface area contributed by atoms with Crippen LogP contribution in [0.5, 0.6) is 0 Å². The molecular formula is C62H116O6. The minimum Gasteiger partial charge on any atom is -0.462 e. The Morgan fingerprint density at radius 3 is 0.853 bits per heavy atom. The van der Waals surface area contributed by atoms with Gasteiger partial charge in [-0.2, -0.15) is 0 Å². The van der Waals surface area contributed by atoms with Crippen LogP contribution in [0.4, 0.5) is 0 Å². The molecule has 0 saturated carbocycles. The summed E-state index contributed by atoms with van der Waals surface area (Å²) in [6, 6.07) is 0. The number of hydrogen-bond acceptors (Lipinski definition) is 6. The number of unbranched alkanes of at least 4 members (excludes halogenated alkanes) is 41. The van der Waals surface area contributed by atoms with Crippen LogP contribution < -0.4 is 0 Å². The van der Waals surface area contributed by atoms with Crippen LogP contribution >= 0.6 is 0 Å². The summed E-state index contributed by atoms with van der Waals surface area (Å²) >= 11 is 0. The van der Waals surface area contributed by atoms with E-state index in [0.717, 1.165) is 77.0 Å². The van der Waals surface area contributed by atoms with E-state index in [1.165, 1.54) is 218 Å². The average molecular weight is 958 g/mol. The fourth-order valence-electron chi connectivity index (χ4n) is 9.11. The monoisotopic (exact) mass is 957 g/mol. The summed E-state index contributed by atoms with van der Waals surface area (Å²) in [5.74, 6) is -0.859. The molecule has 0 amide bonds. The van der Waals surface area contributed by atoms with Crippen LogP contribution in [0.15, 0.2) is 24.3 Å². The van der Waals surface area contributed by atoms with Crippen molar-refractivity contribution in [3.63, 3.8) is 0 Å². The minimum absolute atomic E-state index is 0.0698. The lowest BCUT2D eigenvalue weighted by Crippen LogP contribution is -2.30. The van der Waals surface area contributed by atoms with Crippen LogP contribution in [0.3, 0.4) is 0 Å². The van der Waals surface area contributed by atoms with Gasteiger partial charge in [0.2, 0.25) is 0 Å². The first-order valence-electron chi connectivity index (χ1n) is 30.3.